The van der Waals surface area contributed by atoms with Crippen LogP contribution in [0, 0.1) is 0 Å². The second-order valence-electron chi connectivity index (χ2n) is 7.13. The van der Waals surface area contributed by atoms with E-state index in [-0.39, 0.29) is 5.91 Å². The van der Waals surface area contributed by atoms with Gasteiger partial charge in [-0.15, -0.1) is 0 Å². The van der Waals surface area contributed by atoms with E-state index in [1.807, 2.05) is 0 Å². The van der Waals surface area contributed by atoms with Crippen molar-refractivity contribution in [2.24, 2.45) is 0 Å². The van der Waals surface area contributed by atoms with Crippen LogP contribution in [0.25, 0.3) is 0 Å². The summed E-state index contributed by atoms with van der Waals surface area (Å²) in [6.07, 6.45) is 2.65. The van der Waals surface area contributed by atoms with E-state index in [4.69, 9.17) is 0 Å². The third-order valence-corrected chi connectivity index (χ3v) is 6.12. The van der Waals surface area contributed by atoms with Gasteiger partial charge in [0.05, 0.1) is 24.6 Å². The van der Waals surface area contributed by atoms with E-state index >= 15 is 0 Å². The van der Waals surface area contributed by atoms with Crippen LogP contribution in [0.4, 0.5) is 5.69 Å². The molecule has 29 heavy (non-hydrogen) atoms. The molecule has 0 saturated carbocycles. The van der Waals surface area contributed by atoms with Gasteiger partial charge in [-0.25, -0.2) is 13.2 Å². The van der Waals surface area contributed by atoms with E-state index in [0.717, 1.165) is 24.0 Å². The number of fused-ring (bicyclic) bond motifs is 1. The third-order valence-electron chi connectivity index (χ3n) is 4.94. The maximum atomic E-state index is 12.9. The van der Waals surface area contributed by atoms with Gasteiger partial charge in [0.25, 0.3) is 5.91 Å². The Morgan fingerprint density at radius 1 is 1.10 bits per heavy atom. The molecule has 0 atom stereocenters. The summed E-state index contributed by atoms with van der Waals surface area (Å²) < 4.78 is 30.1. The minimum atomic E-state index is -3.34. The first-order valence-corrected chi connectivity index (χ1v) is 11.1. The fraction of sp³-hybridized carbons (Fsp3) is 0.333. The van der Waals surface area contributed by atoms with Crippen molar-refractivity contribution in [3.05, 3.63) is 64.7 Å². The van der Waals surface area contributed by atoms with Gasteiger partial charge < -0.3 is 9.64 Å². The van der Waals surface area contributed by atoms with E-state index in [0.29, 0.717) is 29.9 Å². The summed E-state index contributed by atoms with van der Waals surface area (Å²) in [5.74, 6) is -0.556. The summed E-state index contributed by atoms with van der Waals surface area (Å²) in [6, 6.07) is 12.1. The molecule has 1 aliphatic rings. The average molecular weight is 416 g/mol. The number of amides is 1. The molecule has 3 rings (SSSR count). The van der Waals surface area contributed by atoms with Crippen LogP contribution < -0.4 is 4.31 Å². The van der Waals surface area contributed by atoms with Crippen LogP contribution in [0.2, 0.25) is 0 Å². The summed E-state index contributed by atoms with van der Waals surface area (Å²) in [5.41, 5.74) is 3.37. The number of methoxy groups -OCH3 is 1. The van der Waals surface area contributed by atoms with Crippen LogP contribution in [-0.2, 0) is 27.7 Å². The van der Waals surface area contributed by atoms with Crippen LogP contribution in [0.5, 0.6) is 0 Å². The molecule has 8 heteroatoms. The second kappa shape index (κ2) is 8.24. The highest BCUT2D eigenvalue weighted by atomic mass is 32.2. The third kappa shape index (κ3) is 4.59. The zero-order chi connectivity index (χ0) is 21.2. The molecule has 154 valence electrons. The number of benzene rings is 2. The number of aryl methyl sites for hydroxylation is 1. The monoisotopic (exact) mass is 416 g/mol. The first-order valence-electron chi connectivity index (χ1n) is 9.24. The number of carbonyl (C=O) groups excluding carboxylic acids is 2. The van der Waals surface area contributed by atoms with E-state index in [9.17, 15) is 18.0 Å². The number of anilines is 1. The first kappa shape index (κ1) is 20.9. The van der Waals surface area contributed by atoms with Crippen LogP contribution in [-0.4, -0.2) is 52.2 Å². The molecule has 0 N–H and O–H groups in total. The van der Waals surface area contributed by atoms with Gasteiger partial charge in [-0.2, -0.15) is 0 Å². The van der Waals surface area contributed by atoms with E-state index in [1.165, 1.54) is 17.7 Å². The molecule has 1 aliphatic heterocycles. The number of nitrogens with zero attached hydrogens (tertiary/aromatic N) is 2. The molecule has 2 aromatic rings. The van der Waals surface area contributed by atoms with Crippen molar-refractivity contribution in [2.75, 3.05) is 31.3 Å². The average Bonchev–Trinajstić information content (AvgIpc) is 2.71. The standard InChI is InChI=1S/C21H24N2O5S/c1-22(14-15-6-8-16(9-7-15)21(25)28-2)20(24)18-10-11-19-17(13-18)5-4-12-23(19)29(3,26)27/h6-11,13H,4-5,12,14H2,1-3H3. The summed E-state index contributed by atoms with van der Waals surface area (Å²) in [6.45, 7) is 0.841. The zero-order valence-corrected chi connectivity index (χ0v) is 17.5. The zero-order valence-electron chi connectivity index (χ0n) is 16.7. The molecule has 1 amide bonds. The Kier molecular flexibility index (Phi) is 5.93. The predicted octanol–water partition coefficient (Wildman–Crippen LogP) is 2.46. The Morgan fingerprint density at radius 2 is 1.76 bits per heavy atom. The molecule has 0 saturated heterocycles. The maximum Gasteiger partial charge on any atom is 0.337 e. The van der Waals surface area contributed by atoms with Crippen LogP contribution in [0.1, 0.15) is 38.3 Å². The lowest BCUT2D eigenvalue weighted by atomic mass is 10.00. The first-order chi connectivity index (χ1) is 13.7. The topological polar surface area (TPSA) is 84.0 Å². The Hall–Kier alpha value is -2.87. The lowest BCUT2D eigenvalue weighted by molar-refractivity contribution is 0.0600. The highest BCUT2D eigenvalue weighted by molar-refractivity contribution is 7.92. The minimum Gasteiger partial charge on any atom is -0.465 e. The van der Waals surface area contributed by atoms with E-state index < -0.39 is 16.0 Å². The van der Waals surface area contributed by atoms with Crippen molar-refractivity contribution in [3.63, 3.8) is 0 Å². The summed E-state index contributed by atoms with van der Waals surface area (Å²) in [5, 5.41) is 0. The van der Waals surface area contributed by atoms with Gasteiger partial charge in [-0.1, -0.05) is 12.1 Å². The van der Waals surface area contributed by atoms with Crippen molar-refractivity contribution in [2.45, 2.75) is 19.4 Å². The molecule has 0 unspecified atom stereocenters. The molecule has 1 heterocycles. The molecule has 0 radical (unpaired) electrons. The van der Waals surface area contributed by atoms with Crippen molar-refractivity contribution in [1.29, 1.82) is 0 Å². The van der Waals surface area contributed by atoms with Gasteiger partial charge in [0.15, 0.2) is 0 Å². The largest absolute Gasteiger partial charge is 0.465 e. The van der Waals surface area contributed by atoms with Crippen molar-refractivity contribution >= 4 is 27.6 Å². The predicted molar refractivity (Wildman–Crippen MR) is 111 cm³/mol. The molecule has 7 nitrogen and oxygen atoms in total. The van der Waals surface area contributed by atoms with Crippen LogP contribution in [0.15, 0.2) is 42.5 Å². The number of rotatable bonds is 5. The number of hydrogen-bond acceptors (Lipinski definition) is 5. The smallest absolute Gasteiger partial charge is 0.337 e. The van der Waals surface area contributed by atoms with E-state index in [1.54, 1.807) is 54.4 Å². The molecule has 0 aliphatic carbocycles. The molecular weight excluding hydrogens is 392 g/mol. The van der Waals surface area contributed by atoms with Gasteiger partial charge in [-0.3, -0.25) is 9.10 Å². The minimum absolute atomic E-state index is 0.152. The lowest BCUT2D eigenvalue weighted by Crippen LogP contribution is -2.35. The summed E-state index contributed by atoms with van der Waals surface area (Å²) >= 11 is 0. The van der Waals surface area contributed by atoms with Crippen molar-refractivity contribution in [1.82, 2.24) is 4.90 Å². The molecular formula is C21H24N2O5S. The van der Waals surface area contributed by atoms with Gasteiger partial charge in [-0.05, 0) is 54.3 Å². The summed E-state index contributed by atoms with van der Waals surface area (Å²) in [4.78, 5) is 26.0. The Bertz CT molecular complexity index is 1030. The maximum absolute atomic E-state index is 12.9. The normalized spacial score (nSPS) is 13.6. The quantitative estimate of drug-likeness (QED) is 0.699. The molecule has 2 aromatic carbocycles. The van der Waals surface area contributed by atoms with E-state index in [2.05, 4.69) is 4.74 Å². The highest BCUT2D eigenvalue weighted by Gasteiger charge is 2.25. The molecule has 0 bridgehead atoms. The van der Waals surface area contributed by atoms with Crippen LogP contribution >= 0.6 is 0 Å². The number of hydrogen-bond donors (Lipinski definition) is 0. The lowest BCUT2D eigenvalue weighted by Gasteiger charge is -2.29. The second-order valence-corrected chi connectivity index (χ2v) is 9.04. The SMILES string of the molecule is COC(=O)c1ccc(CN(C)C(=O)c2ccc3c(c2)CCCN3S(C)(=O)=O)cc1. The summed E-state index contributed by atoms with van der Waals surface area (Å²) in [7, 11) is -0.299. The number of carbonyl (C=O) groups is 2. The Labute approximate surface area is 170 Å². The highest BCUT2D eigenvalue weighted by Crippen LogP contribution is 2.30. The van der Waals surface area contributed by atoms with Crippen molar-refractivity contribution in [3.8, 4) is 0 Å². The fourth-order valence-electron chi connectivity index (χ4n) is 3.47. The van der Waals surface area contributed by atoms with Gasteiger partial charge in [0, 0.05) is 25.7 Å². The van der Waals surface area contributed by atoms with Gasteiger partial charge >= 0.3 is 5.97 Å². The number of ether oxygens (including phenoxy) is 1. The molecule has 0 spiro atoms. The Balaban J connectivity index is 1.75. The van der Waals surface area contributed by atoms with Gasteiger partial charge in [0.1, 0.15) is 0 Å². The van der Waals surface area contributed by atoms with Crippen LogP contribution in [0.3, 0.4) is 0 Å². The molecule has 0 fully saturated rings. The fourth-order valence-corrected chi connectivity index (χ4v) is 4.47. The van der Waals surface area contributed by atoms with Gasteiger partial charge in [0.2, 0.25) is 10.0 Å². The van der Waals surface area contributed by atoms with Crippen molar-refractivity contribution < 1.29 is 22.7 Å². The number of esters is 1. The molecule has 0 aromatic heterocycles. The number of sulfonamides is 1. The Morgan fingerprint density at radius 3 is 2.38 bits per heavy atom.